The van der Waals surface area contributed by atoms with E-state index in [0.29, 0.717) is 23.1 Å². The van der Waals surface area contributed by atoms with E-state index in [0.717, 1.165) is 46.2 Å². The second-order valence-corrected chi connectivity index (χ2v) is 8.48. The van der Waals surface area contributed by atoms with Crippen LogP contribution in [0.2, 0.25) is 0 Å². The van der Waals surface area contributed by atoms with Gasteiger partial charge in [0.05, 0.1) is 5.69 Å². The Kier molecular flexibility index (Phi) is 4.84. The van der Waals surface area contributed by atoms with Crippen LogP contribution < -0.4 is 15.8 Å². The summed E-state index contributed by atoms with van der Waals surface area (Å²) in [4.78, 5) is 34.9. The molecule has 2 aromatic heterocycles. The Balaban J connectivity index is 1.43. The lowest BCUT2D eigenvalue weighted by Gasteiger charge is -2.30. The fraction of sp³-hybridized carbons (Fsp3) is 0.107. The molecule has 1 aliphatic heterocycles. The average molecular weight is 447 g/mol. The van der Waals surface area contributed by atoms with Crippen LogP contribution in [0.4, 0.5) is 17.1 Å². The predicted molar refractivity (Wildman–Crippen MR) is 136 cm³/mol. The van der Waals surface area contributed by atoms with Gasteiger partial charge in [0.15, 0.2) is 0 Å². The van der Waals surface area contributed by atoms with Gasteiger partial charge in [-0.25, -0.2) is 4.98 Å². The molecule has 6 nitrogen and oxygen atoms in total. The number of benzene rings is 3. The summed E-state index contributed by atoms with van der Waals surface area (Å²) in [5.41, 5.74) is 4.87. The van der Waals surface area contributed by atoms with Crippen LogP contribution in [0.3, 0.4) is 0 Å². The molecule has 6 rings (SSSR count). The fourth-order valence-electron chi connectivity index (χ4n) is 4.76. The molecule has 34 heavy (non-hydrogen) atoms. The van der Waals surface area contributed by atoms with Crippen molar-refractivity contribution in [3.05, 3.63) is 107 Å². The lowest BCUT2D eigenvalue weighted by molar-refractivity contribution is 0.0985. The Morgan fingerprint density at radius 1 is 0.941 bits per heavy atom. The molecule has 0 saturated heterocycles. The van der Waals surface area contributed by atoms with E-state index < -0.39 is 0 Å². The minimum absolute atomic E-state index is 0.0108. The number of nitrogens with one attached hydrogen (secondary N) is 2. The Bertz CT molecular complexity index is 1610. The van der Waals surface area contributed by atoms with Crippen LogP contribution in [0, 0.1) is 0 Å². The number of rotatable bonds is 3. The monoisotopic (exact) mass is 446 g/mol. The van der Waals surface area contributed by atoms with Gasteiger partial charge in [-0.2, -0.15) is 0 Å². The molecule has 0 spiro atoms. The highest BCUT2D eigenvalue weighted by molar-refractivity contribution is 6.11. The first-order valence-electron chi connectivity index (χ1n) is 11.4. The number of hydrogen-bond donors (Lipinski definition) is 2. The predicted octanol–water partition coefficient (Wildman–Crippen LogP) is 5.41. The Morgan fingerprint density at radius 2 is 1.74 bits per heavy atom. The molecular formula is C28H22N4O2. The Labute approximate surface area is 195 Å². The standard InChI is InChI=1S/C28H22N4O2/c33-27-22-11-5-4-10-21(22)25-23(14-15-29-26(25)31-27)30-20-13-12-18-9-6-16-32(24(18)17-20)28(34)19-7-2-1-3-8-19/h1-5,7-8,10-15,17H,6,9,16H2,(H2,29,30,31,33). The van der Waals surface area contributed by atoms with Gasteiger partial charge < -0.3 is 15.2 Å². The van der Waals surface area contributed by atoms with E-state index in [1.54, 1.807) is 6.20 Å². The SMILES string of the molecule is O=C(c1ccccc1)N1CCCc2ccc(Nc3ccnc4[nH]c(=O)c5ccccc5c34)cc21. The van der Waals surface area contributed by atoms with Gasteiger partial charge in [0.1, 0.15) is 5.65 Å². The third-order valence-corrected chi connectivity index (χ3v) is 6.37. The van der Waals surface area contributed by atoms with Crippen molar-refractivity contribution < 1.29 is 4.79 Å². The van der Waals surface area contributed by atoms with Crippen molar-refractivity contribution in [3.63, 3.8) is 0 Å². The van der Waals surface area contributed by atoms with E-state index >= 15 is 0 Å². The van der Waals surface area contributed by atoms with Crippen molar-refractivity contribution in [3.8, 4) is 0 Å². The maximum Gasteiger partial charge on any atom is 0.258 e. The summed E-state index contributed by atoms with van der Waals surface area (Å²) in [6, 6.07) is 25.0. The zero-order valence-electron chi connectivity index (χ0n) is 18.4. The molecule has 0 radical (unpaired) electrons. The van der Waals surface area contributed by atoms with E-state index in [-0.39, 0.29) is 11.5 Å². The Morgan fingerprint density at radius 3 is 2.59 bits per heavy atom. The molecule has 0 saturated carbocycles. The van der Waals surface area contributed by atoms with E-state index in [9.17, 15) is 9.59 Å². The second-order valence-electron chi connectivity index (χ2n) is 8.48. The lowest BCUT2D eigenvalue weighted by atomic mass is 10.00. The lowest BCUT2D eigenvalue weighted by Crippen LogP contribution is -2.35. The number of H-pyrrole nitrogens is 1. The summed E-state index contributed by atoms with van der Waals surface area (Å²) in [7, 11) is 0. The van der Waals surface area contributed by atoms with Crippen molar-refractivity contribution in [1.29, 1.82) is 0 Å². The Hall–Kier alpha value is -4.45. The summed E-state index contributed by atoms with van der Waals surface area (Å²) in [6.45, 7) is 0.689. The van der Waals surface area contributed by atoms with Crippen molar-refractivity contribution in [1.82, 2.24) is 9.97 Å². The van der Waals surface area contributed by atoms with Gasteiger partial charge in [0.25, 0.3) is 11.5 Å². The van der Waals surface area contributed by atoms with Crippen molar-refractivity contribution in [2.45, 2.75) is 12.8 Å². The fourth-order valence-corrected chi connectivity index (χ4v) is 4.76. The third-order valence-electron chi connectivity index (χ3n) is 6.37. The number of aryl methyl sites for hydroxylation is 1. The normalized spacial score (nSPS) is 13.1. The van der Waals surface area contributed by atoms with Crippen molar-refractivity contribution in [2.24, 2.45) is 0 Å². The number of aromatic amines is 1. The summed E-state index contributed by atoms with van der Waals surface area (Å²) >= 11 is 0. The minimum atomic E-state index is -0.156. The molecule has 0 fully saturated rings. The van der Waals surface area contributed by atoms with Crippen molar-refractivity contribution in [2.75, 3.05) is 16.8 Å². The molecule has 0 bridgehead atoms. The highest BCUT2D eigenvalue weighted by Gasteiger charge is 2.24. The number of hydrogen-bond acceptors (Lipinski definition) is 4. The van der Waals surface area contributed by atoms with E-state index in [1.165, 1.54) is 0 Å². The van der Waals surface area contributed by atoms with Crippen LogP contribution in [0.5, 0.6) is 0 Å². The summed E-state index contributed by atoms with van der Waals surface area (Å²) in [6.07, 6.45) is 3.56. The molecule has 0 unspecified atom stereocenters. The van der Waals surface area contributed by atoms with Crippen LogP contribution in [0.1, 0.15) is 22.3 Å². The van der Waals surface area contributed by atoms with Crippen LogP contribution in [-0.4, -0.2) is 22.4 Å². The number of fused-ring (bicyclic) bond motifs is 4. The highest BCUT2D eigenvalue weighted by Crippen LogP contribution is 2.34. The summed E-state index contributed by atoms with van der Waals surface area (Å²) in [5.74, 6) is 0.0108. The molecule has 166 valence electrons. The molecule has 5 aromatic rings. The molecule has 3 aromatic carbocycles. The van der Waals surface area contributed by atoms with Crippen molar-refractivity contribution >= 4 is 44.8 Å². The molecule has 0 atom stereocenters. The number of nitrogens with zero attached hydrogens (tertiary/aromatic N) is 2. The molecule has 1 amide bonds. The van der Waals surface area contributed by atoms with Gasteiger partial charge in [-0.05, 0) is 54.8 Å². The number of carbonyl (C=O) groups is 1. The topological polar surface area (TPSA) is 78.1 Å². The molecular weight excluding hydrogens is 424 g/mol. The van der Waals surface area contributed by atoms with E-state index in [1.807, 2.05) is 77.7 Å². The minimum Gasteiger partial charge on any atom is -0.355 e. The first-order chi connectivity index (χ1) is 16.7. The zero-order chi connectivity index (χ0) is 23.1. The summed E-state index contributed by atoms with van der Waals surface area (Å²) in [5, 5.41) is 5.83. The average Bonchev–Trinajstić information content (AvgIpc) is 2.88. The van der Waals surface area contributed by atoms with Gasteiger partial charge in [-0.1, -0.05) is 42.5 Å². The maximum atomic E-state index is 13.2. The number of anilines is 3. The summed E-state index contributed by atoms with van der Waals surface area (Å²) < 4.78 is 0. The van der Waals surface area contributed by atoms with Gasteiger partial charge in [0.2, 0.25) is 0 Å². The van der Waals surface area contributed by atoms with E-state index in [4.69, 9.17) is 0 Å². The third kappa shape index (κ3) is 3.40. The van der Waals surface area contributed by atoms with Crippen LogP contribution in [-0.2, 0) is 6.42 Å². The number of amides is 1. The molecule has 1 aliphatic rings. The second kappa shape index (κ2) is 8.15. The molecule has 0 aliphatic carbocycles. The van der Waals surface area contributed by atoms with Crippen LogP contribution in [0.15, 0.2) is 89.9 Å². The molecule has 2 N–H and O–H groups in total. The van der Waals surface area contributed by atoms with E-state index in [2.05, 4.69) is 21.4 Å². The maximum absolute atomic E-state index is 13.2. The highest BCUT2D eigenvalue weighted by atomic mass is 16.2. The largest absolute Gasteiger partial charge is 0.355 e. The zero-order valence-corrected chi connectivity index (χ0v) is 18.4. The number of carbonyl (C=O) groups excluding carboxylic acids is 1. The smallest absolute Gasteiger partial charge is 0.258 e. The van der Waals surface area contributed by atoms with Crippen LogP contribution in [0.25, 0.3) is 21.8 Å². The molecule has 3 heterocycles. The van der Waals surface area contributed by atoms with Gasteiger partial charge in [0, 0.05) is 45.8 Å². The van der Waals surface area contributed by atoms with Gasteiger partial charge >= 0.3 is 0 Å². The number of pyridine rings is 2. The first kappa shape index (κ1) is 20.2. The quantitative estimate of drug-likeness (QED) is 0.363. The van der Waals surface area contributed by atoms with Gasteiger partial charge in [-0.15, -0.1) is 0 Å². The molecule has 6 heteroatoms. The number of aromatic nitrogens is 2. The first-order valence-corrected chi connectivity index (χ1v) is 11.4. The van der Waals surface area contributed by atoms with Crippen LogP contribution >= 0.6 is 0 Å². The van der Waals surface area contributed by atoms with Gasteiger partial charge in [-0.3, -0.25) is 9.59 Å².